The fourth-order valence-corrected chi connectivity index (χ4v) is 3.48. The van der Waals surface area contributed by atoms with E-state index in [1.807, 2.05) is 18.2 Å². The van der Waals surface area contributed by atoms with E-state index in [1.54, 1.807) is 13.0 Å². The maximum Gasteiger partial charge on any atom is 0.416 e. The minimum absolute atomic E-state index is 0.187. The van der Waals surface area contributed by atoms with Gasteiger partial charge >= 0.3 is 6.18 Å². The average molecular weight is 445 g/mol. The second kappa shape index (κ2) is 7.04. The van der Waals surface area contributed by atoms with Crippen LogP contribution in [0.2, 0.25) is 5.15 Å². The molecule has 8 heteroatoms. The standard InChI is InChI=1S/C18H14BrClF3N3/c1-9-12(4-3-5-15(9)18(21,22)23)10(2)24-17-14-8-11(19)6-7-13(14)16(20)25-26-17/h3-8,10H,1-2H3,(H,24,26). The summed E-state index contributed by atoms with van der Waals surface area (Å²) in [6, 6.07) is 9.23. The highest BCUT2D eigenvalue weighted by atomic mass is 79.9. The van der Waals surface area contributed by atoms with Gasteiger partial charge in [0.2, 0.25) is 0 Å². The Kier molecular flexibility index (Phi) is 5.12. The Morgan fingerprint density at radius 2 is 1.85 bits per heavy atom. The van der Waals surface area contributed by atoms with Crippen molar-refractivity contribution in [2.24, 2.45) is 0 Å². The van der Waals surface area contributed by atoms with E-state index >= 15 is 0 Å². The van der Waals surface area contributed by atoms with Crippen LogP contribution in [0.25, 0.3) is 10.8 Å². The highest BCUT2D eigenvalue weighted by Crippen LogP contribution is 2.36. The maximum atomic E-state index is 13.2. The highest BCUT2D eigenvalue weighted by molar-refractivity contribution is 9.10. The van der Waals surface area contributed by atoms with Crippen LogP contribution in [0, 0.1) is 6.92 Å². The van der Waals surface area contributed by atoms with Crippen LogP contribution in [-0.4, -0.2) is 10.2 Å². The number of benzene rings is 2. The summed E-state index contributed by atoms with van der Waals surface area (Å²) in [6.07, 6.45) is -4.39. The molecule has 0 fully saturated rings. The van der Waals surface area contributed by atoms with Gasteiger partial charge in [-0.3, -0.25) is 0 Å². The number of anilines is 1. The number of fused-ring (bicyclic) bond motifs is 1. The van der Waals surface area contributed by atoms with Crippen LogP contribution in [0.3, 0.4) is 0 Å². The number of hydrogen-bond acceptors (Lipinski definition) is 3. The number of hydrogen-bond donors (Lipinski definition) is 1. The van der Waals surface area contributed by atoms with E-state index in [1.165, 1.54) is 13.0 Å². The van der Waals surface area contributed by atoms with Crippen molar-refractivity contribution < 1.29 is 13.2 Å². The predicted molar refractivity (Wildman–Crippen MR) is 100 cm³/mol. The number of nitrogens with one attached hydrogen (secondary N) is 1. The van der Waals surface area contributed by atoms with E-state index in [-0.39, 0.29) is 10.7 Å². The number of rotatable bonds is 3. The zero-order chi connectivity index (χ0) is 19.1. The van der Waals surface area contributed by atoms with E-state index in [2.05, 4.69) is 31.4 Å². The van der Waals surface area contributed by atoms with Gasteiger partial charge in [0.1, 0.15) is 0 Å². The summed E-state index contributed by atoms with van der Waals surface area (Å²) in [5.41, 5.74) is 0.0885. The molecule has 1 atom stereocenters. The Labute approximate surface area is 161 Å². The summed E-state index contributed by atoms with van der Waals surface area (Å²) in [7, 11) is 0. The number of aromatic nitrogens is 2. The zero-order valence-electron chi connectivity index (χ0n) is 13.8. The first kappa shape index (κ1) is 18.9. The third-order valence-corrected chi connectivity index (χ3v) is 4.97. The van der Waals surface area contributed by atoms with Gasteiger partial charge in [0, 0.05) is 15.2 Å². The van der Waals surface area contributed by atoms with Crippen molar-refractivity contribution in [2.45, 2.75) is 26.1 Å². The van der Waals surface area contributed by atoms with E-state index in [0.29, 0.717) is 16.8 Å². The summed E-state index contributed by atoms with van der Waals surface area (Å²) in [4.78, 5) is 0. The third-order valence-electron chi connectivity index (χ3n) is 4.20. The van der Waals surface area contributed by atoms with Crippen molar-refractivity contribution in [1.29, 1.82) is 0 Å². The topological polar surface area (TPSA) is 37.8 Å². The fraction of sp³-hybridized carbons (Fsp3) is 0.222. The normalized spacial score (nSPS) is 13.0. The SMILES string of the molecule is Cc1c(C(C)Nc2nnc(Cl)c3ccc(Br)cc23)cccc1C(F)(F)F. The second-order valence-electron chi connectivity index (χ2n) is 5.91. The molecule has 136 valence electrons. The van der Waals surface area contributed by atoms with Crippen molar-refractivity contribution in [3.05, 3.63) is 62.7 Å². The Hall–Kier alpha value is -1.86. The van der Waals surface area contributed by atoms with Gasteiger partial charge in [-0.25, -0.2) is 0 Å². The van der Waals surface area contributed by atoms with Gasteiger partial charge in [0.15, 0.2) is 11.0 Å². The molecule has 0 amide bonds. The average Bonchev–Trinajstić information content (AvgIpc) is 2.56. The molecular weight excluding hydrogens is 431 g/mol. The smallest absolute Gasteiger partial charge is 0.362 e. The van der Waals surface area contributed by atoms with Gasteiger partial charge in [-0.15, -0.1) is 10.2 Å². The van der Waals surface area contributed by atoms with Crippen molar-refractivity contribution in [3.63, 3.8) is 0 Å². The van der Waals surface area contributed by atoms with Crippen LogP contribution >= 0.6 is 27.5 Å². The molecule has 0 saturated carbocycles. The first-order valence-corrected chi connectivity index (χ1v) is 8.90. The minimum Gasteiger partial charge on any atom is -0.362 e. The molecule has 3 nitrogen and oxygen atoms in total. The van der Waals surface area contributed by atoms with Crippen molar-refractivity contribution in [2.75, 3.05) is 5.32 Å². The van der Waals surface area contributed by atoms with Crippen LogP contribution < -0.4 is 5.32 Å². The lowest BCUT2D eigenvalue weighted by Crippen LogP contribution is -2.14. The van der Waals surface area contributed by atoms with Gasteiger partial charge in [0.25, 0.3) is 0 Å². The molecule has 0 aliphatic rings. The molecule has 1 aromatic heterocycles. The van der Waals surface area contributed by atoms with Crippen LogP contribution in [-0.2, 0) is 6.18 Å². The predicted octanol–water partition coefficient (Wildman–Crippen LogP) is 6.55. The molecule has 26 heavy (non-hydrogen) atoms. The summed E-state index contributed by atoms with van der Waals surface area (Å²) in [5.74, 6) is 0.454. The molecule has 1 N–H and O–H groups in total. The molecule has 0 bridgehead atoms. The fourth-order valence-electron chi connectivity index (χ4n) is 2.91. The Morgan fingerprint density at radius 3 is 2.54 bits per heavy atom. The first-order valence-electron chi connectivity index (χ1n) is 7.73. The third kappa shape index (κ3) is 3.64. The van der Waals surface area contributed by atoms with Crippen LogP contribution in [0.1, 0.15) is 29.7 Å². The number of nitrogens with zero attached hydrogens (tertiary/aromatic N) is 2. The molecule has 2 aromatic carbocycles. The molecule has 0 saturated heterocycles. The minimum atomic E-state index is -4.39. The van der Waals surface area contributed by atoms with Gasteiger partial charge in [-0.05, 0) is 49.2 Å². The highest BCUT2D eigenvalue weighted by Gasteiger charge is 2.33. The van der Waals surface area contributed by atoms with Gasteiger partial charge in [-0.2, -0.15) is 13.2 Å². The zero-order valence-corrected chi connectivity index (χ0v) is 16.2. The molecular formula is C18H14BrClF3N3. The second-order valence-corrected chi connectivity index (χ2v) is 7.19. The summed E-state index contributed by atoms with van der Waals surface area (Å²) < 4.78 is 40.3. The molecule has 1 unspecified atom stereocenters. The number of alkyl halides is 3. The Balaban J connectivity index is 2.02. The van der Waals surface area contributed by atoms with E-state index in [4.69, 9.17) is 11.6 Å². The molecule has 1 heterocycles. The Bertz CT molecular complexity index is 976. The summed E-state index contributed by atoms with van der Waals surface area (Å²) in [6.45, 7) is 3.25. The van der Waals surface area contributed by atoms with Gasteiger partial charge in [0.05, 0.1) is 11.6 Å². The van der Waals surface area contributed by atoms with Crippen LogP contribution in [0.4, 0.5) is 19.0 Å². The monoisotopic (exact) mass is 443 g/mol. The molecule has 0 radical (unpaired) electrons. The van der Waals surface area contributed by atoms with Crippen LogP contribution in [0.5, 0.6) is 0 Å². The molecule has 0 aliphatic carbocycles. The van der Waals surface area contributed by atoms with Crippen LogP contribution in [0.15, 0.2) is 40.9 Å². The molecule has 3 rings (SSSR count). The van der Waals surface area contributed by atoms with Gasteiger partial charge in [-0.1, -0.05) is 39.7 Å². The lowest BCUT2D eigenvalue weighted by molar-refractivity contribution is -0.138. The Morgan fingerprint density at radius 1 is 1.12 bits per heavy atom. The van der Waals surface area contributed by atoms with E-state index < -0.39 is 17.8 Å². The van der Waals surface area contributed by atoms with Crippen molar-refractivity contribution >= 4 is 44.1 Å². The van der Waals surface area contributed by atoms with Gasteiger partial charge < -0.3 is 5.32 Å². The van der Waals surface area contributed by atoms with Crippen molar-refractivity contribution in [3.8, 4) is 0 Å². The maximum absolute atomic E-state index is 13.2. The summed E-state index contributed by atoms with van der Waals surface area (Å²) in [5, 5.41) is 12.9. The van der Waals surface area contributed by atoms with E-state index in [9.17, 15) is 13.2 Å². The summed E-state index contributed by atoms with van der Waals surface area (Å²) >= 11 is 9.49. The lowest BCUT2D eigenvalue weighted by atomic mass is 9.97. The van der Waals surface area contributed by atoms with Crippen molar-refractivity contribution in [1.82, 2.24) is 10.2 Å². The number of halogens is 5. The first-order chi connectivity index (χ1) is 12.2. The van der Waals surface area contributed by atoms with E-state index in [0.717, 1.165) is 15.9 Å². The quantitative estimate of drug-likeness (QED) is 0.498. The lowest BCUT2D eigenvalue weighted by Gasteiger charge is -2.20. The largest absolute Gasteiger partial charge is 0.416 e. The molecule has 0 spiro atoms. The molecule has 0 aliphatic heterocycles. The molecule has 3 aromatic rings.